The Morgan fingerprint density at radius 2 is 1.94 bits per heavy atom. The lowest BCUT2D eigenvalue weighted by molar-refractivity contribution is -0.116. The minimum absolute atomic E-state index is 0.109. The molecule has 3 aromatic rings. The van der Waals surface area contributed by atoms with Crippen molar-refractivity contribution in [1.82, 2.24) is 4.98 Å². The van der Waals surface area contributed by atoms with E-state index in [1.165, 1.54) is 18.9 Å². The van der Waals surface area contributed by atoms with E-state index in [9.17, 15) is 9.59 Å². The number of pyridine rings is 1. The first-order valence-electron chi connectivity index (χ1n) is 10.2. The van der Waals surface area contributed by atoms with Crippen LogP contribution in [0.2, 0.25) is 0 Å². The molecule has 0 aliphatic carbocycles. The molecule has 0 bridgehead atoms. The summed E-state index contributed by atoms with van der Waals surface area (Å²) in [4.78, 5) is 32.9. The molecule has 0 fully saturated rings. The third kappa shape index (κ3) is 4.55. The van der Waals surface area contributed by atoms with Crippen LogP contribution in [-0.2, 0) is 4.79 Å². The number of rotatable bonds is 7. The summed E-state index contributed by atoms with van der Waals surface area (Å²) in [6.45, 7) is 0.415. The maximum atomic E-state index is 13.3. The van der Waals surface area contributed by atoms with Crippen LogP contribution in [0.3, 0.4) is 0 Å². The fourth-order valence-corrected chi connectivity index (χ4v) is 4.51. The fraction of sp³-hybridized carbons (Fsp3) is 0.208. The van der Waals surface area contributed by atoms with Gasteiger partial charge < -0.3 is 19.7 Å². The topological polar surface area (TPSA) is 80.8 Å². The highest BCUT2D eigenvalue weighted by molar-refractivity contribution is 7.99. The van der Waals surface area contributed by atoms with Gasteiger partial charge >= 0.3 is 0 Å². The molecule has 1 aliphatic heterocycles. The molecule has 1 aliphatic rings. The quantitative estimate of drug-likeness (QED) is 0.567. The van der Waals surface area contributed by atoms with Crippen molar-refractivity contribution in [2.75, 3.05) is 31.0 Å². The number of hydrogen-bond donors (Lipinski definition) is 1. The van der Waals surface area contributed by atoms with E-state index in [2.05, 4.69) is 10.3 Å². The SMILES string of the molecule is COc1ccc(NC(=O)CCCN2C(=O)c3cccnc3Sc3ccccc32)c(OC)c1. The number of benzene rings is 2. The Kier molecular flexibility index (Phi) is 6.61. The molecule has 4 rings (SSSR count). The molecule has 2 heterocycles. The van der Waals surface area contributed by atoms with E-state index in [0.717, 1.165) is 10.6 Å². The zero-order valence-electron chi connectivity index (χ0n) is 17.8. The molecule has 2 amide bonds. The van der Waals surface area contributed by atoms with E-state index >= 15 is 0 Å². The van der Waals surface area contributed by atoms with E-state index < -0.39 is 0 Å². The van der Waals surface area contributed by atoms with Gasteiger partial charge in [0.15, 0.2) is 0 Å². The molecule has 0 atom stereocenters. The number of nitrogens with zero attached hydrogens (tertiary/aromatic N) is 2. The predicted molar refractivity (Wildman–Crippen MR) is 124 cm³/mol. The predicted octanol–water partition coefficient (Wildman–Crippen LogP) is 4.63. The number of carbonyl (C=O) groups is 2. The van der Waals surface area contributed by atoms with Crippen LogP contribution in [0, 0.1) is 0 Å². The van der Waals surface area contributed by atoms with Crippen LogP contribution in [0.25, 0.3) is 0 Å². The molecule has 1 N–H and O–H groups in total. The summed E-state index contributed by atoms with van der Waals surface area (Å²) in [5.41, 5.74) is 1.98. The molecule has 0 spiro atoms. The number of ether oxygens (including phenoxy) is 2. The second kappa shape index (κ2) is 9.74. The van der Waals surface area contributed by atoms with Gasteiger partial charge in [-0.2, -0.15) is 0 Å². The van der Waals surface area contributed by atoms with E-state index in [1.54, 1.807) is 48.5 Å². The molecule has 164 valence electrons. The van der Waals surface area contributed by atoms with Crippen molar-refractivity contribution in [3.05, 3.63) is 66.4 Å². The summed E-state index contributed by atoms with van der Waals surface area (Å²) in [5, 5.41) is 3.56. The number of methoxy groups -OCH3 is 2. The molecule has 1 aromatic heterocycles. The first kappa shape index (κ1) is 21.7. The van der Waals surface area contributed by atoms with Gasteiger partial charge in [-0.05, 0) is 42.8 Å². The highest BCUT2D eigenvalue weighted by atomic mass is 32.2. The largest absolute Gasteiger partial charge is 0.497 e. The smallest absolute Gasteiger partial charge is 0.261 e. The van der Waals surface area contributed by atoms with Crippen LogP contribution in [0.15, 0.2) is 70.7 Å². The Labute approximate surface area is 190 Å². The van der Waals surface area contributed by atoms with Crippen LogP contribution in [0.1, 0.15) is 23.2 Å². The van der Waals surface area contributed by atoms with Gasteiger partial charge in [0, 0.05) is 30.1 Å². The lowest BCUT2D eigenvalue weighted by Crippen LogP contribution is -2.32. The van der Waals surface area contributed by atoms with Gasteiger partial charge in [0.25, 0.3) is 5.91 Å². The summed E-state index contributed by atoms with van der Waals surface area (Å²) < 4.78 is 10.5. The zero-order valence-corrected chi connectivity index (χ0v) is 18.6. The Bertz CT molecular complexity index is 1150. The highest BCUT2D eigenvalue weighted by Gasteiger charge is 2.27. The lowest BCUT2D eigenvalue weighted by Gasteiger charge is -2.22. The minimum atomic E-state index is -0.152. The summed E-state index contributed by atoms with van der Waals surface area (Å²) in [7, 11) is 3.11. The number of fused-ring (bicyclic) bond motifs is 2. The van der Waals surface area contributed by atoms with Gasteiger partial charge in [-0.1, -0.05) is 23.9 Å². The molecular weight excluding hydrogens is 426 g/mol. The number of anilines is 2. The third-order valence-corrected chi connectivity index (χ3v) is 6.16. The van der Waals surface area contributed by atoms with Crippen LogP contribution in [0.4, 0.5) is 11.4 Å². The summed E-state index contributed by atoms with van der Waals surface area (Å²) in [6.07, 6.45) is 2.45. The monoisotopic (exact) mass is 449 g/mol. The van der Waals surface area contributed by atoms with E-state index in [4.69, 9.17) is 9.47 Å². The minimum Gasteiger partial charge on any atom is -0.497 e. The molecule has 7 nitrogen and oxygen atoms in total. The van der Waals surface area contributed by atoms with Crippen molar-refractivity contribution in [2.45, 2.75) is 22.8 Å². The van der Waals surface area contributed by atoms with Crippen molar-refractivity contribution in [3.63, 3.8) is 0 Å². The Balaban J connectivity index is 1.45. The third-order valence-electron chi connectivity index (χ3n) is 5.08. The Morgan fingerprint density at radius 3 is 2.75 bits per heavy atom. The first-order valence-corrected chi connectivity index (χ1v) is 11.0. The second-order valence-electron chi connectivity index (χ2n) is 7.10. The fourth-order valence-electron chi connectivity index (χ4n) is 3.49. The first-order chi connectivity index (χ1) is 15.6. The zero-order chi connectivity index (χ0) is 22.5. The molecule has 2 aromatic carbocycles. The van der Waals surface area contributed by atoms with Crippen LogP contribution in [0.5, 0.6) is 11.5 Å². The summed E-state index contributed by atoms with van der Waals surface area (Å²) >= 11 is 1.48. The van der Waals surface area contributed by atoms with Gasteiger partial charge in [0.05, 0.1) is 31.2 Å². The van der Waals surface area contributed by atoms with Crippen LogP contribution in [-0.4, -0.2) is 37.6 Å². The van der Waals surface area contributed by atoms with Gasteiger partial charge in [-0.15, -0.1) is 0 Å². The molecule has 0 radical (unpaired) electrons. The lowest BCUT2D eigenvalue weighted by atomic mass is 10.2. The number of carbonyl (C=O) groups excluding carboxylic acids is 2. The van der Waals surface area contributed by atoms with Crippen LogP contribution < -0.4 is 19.7 Å². The summed E-state index contributed by atoms with van der Waals surface area (Å²) in [5.74, 6) is 0.907. The van der Waals surface area contributed by atoms with Gasteiger partial charge in [-0.3, -0.25) is 9.59 Å². The van der Waals surface area contributed by atoms with Gasteiger partial charge in [0.1, 0.15) is 16.5 Å². The number of amides is 2. The Hall–Kier alpha value is -3.52. The normalized spacial score (nSPS) is 12.4. The van der Waals surface area contributed by atoms with Crippen molar-refractivity contribution in [2.24, 2.45) is 0 Å². The van der Waals surface area contributed by atoms with Crippen molar-refractivity contribution < 1.29 is 19.1 Å². The van der Waals surface area contributed by atoms with Gasteiger partial charge in [-0.25, -0.2) is 4.98 Å². The average Bonchev–Trinajstić information content (AvgIpc) is 2.94. The molecular formula is C24H23N3O4S. The van der Waals surface area contributed by atoms with Crippen LogP contribution >= 0.6 is 11.8 Å². The maximum Gasteiger partial charge on any atom is 0.261 e. The molecule has 0 saturated carbocycles. The molecule has 0 saturated heterocycles. The maximum absolute atomic E-state index is 13.3. The van der Waals surface area contributed by atoms with E-state index in [-0.39, 0.29) is 18.2 Å². The summed E-state index contributed by atoms with van der Waals surface area (Å²) in [6, 6.07) is 16.5. The molecule has 32 heavy (non-hydrogen) atoms. The van der Waals surface area contributed by atoms with Crippen molar-refractivity contribution in [1.29, 1.82) is 0 Å². The van der Waals surface area contributed by atoms with Gasteiger partial charge in [0.2, 0.25) is 5.91 Å². The molecule has 0 unspecified atom stereocenters. The number of aromatic nitrogens is 1. The standard InChI is InChI=1S/C24H23N3O4S/c1-30-16-11-12-18(20(15-16)31-2)26-22(28)10-6-14-27-19-8-3-4-9-21(19)32-23-17(24(27)29)7-5-13-25-23/h3-5,7-9,11-13,15H,6,10,14H2,1-2H3,(H,26,28). The highest BCUT2D eigenvalue weighted by Crippen LogP contribution is 2.40. The number of nitrogens with one attached hydrogen (secondary N) is 1. The Morgan fingerprint density at radius 1 is 1.09 bits per heavy atom. The van der Waals surface area contributed by atoms with Crippen molar-refractivity contribution >= 4 is 35.0 Å². The second-order valence-corrected chi connectivity index (χ2v) is 8.13. The average molecular weight is 450 g/mol. The number of para-hydroxylation sites is 1. The number of hydrogen-bond acceptors (Lipinski definition) is 6. The van der Waals surface area contributed by atoms with E-state index in [1.807, 2.05) is 24.3 Å². The van der Waals surface area contributed by atoms with Crippen molar-refractivity contribution in [3.8, 4) is 11.5 Å². The molecule has 8 heteroatoms. The van der Waals surface area contributed by atoms with E-state index in [0.29, 0.717) is 40.7 Å².